The van der Waals surface area contributed by atoms with Crippen molar-refractivity contribution >= 4 is 18.0 Å². The molecule has 0 bridgehead atoms. The maximum Gasteiger partial charge on any atom is 0.410 e. The molecule has 2 heterocycles. The van der Waals surface area contributed by atoms with Gasteiger partial charge in [0.1, 0.15) is 13.2 Å². The number of ketones is 1. The Hall–Kier alpha value is -3.39. The van der Waals surface area contributed by atoms with E-state index in [-0.39, 0.29) is 31.1 Å². The van der Waals surface area contributed by atoms with E-state index >= 15 is 0 Å². The fourth-order valence-corrected chi connectivity index (χ4v) is 3.79. The molecule has 0 unspecified atom stereocenters. The number of rotatable bonds is 4. The molecule has 1 atom stereocenters. The minimum Gasteiger partial charge on any atom is -0.445 e. The van der Waals surface area contributed by atoms with Crippen LogP contribution < -0.4 is 5.73 Å². The molecule has 2 fully saturated rings. The van der Waals surface area contributed by atoms with E-state index in [4.69, 9.17) is 15.2 Å². The molecule has 2 amide bonds. The Bertz CT molecular complexity index is 923. The number of hydrogen-bond donors (Lipinski definition) is 1. The first-order valence-corrected chi connectivity index (χ1v) is 11.7. The molecule has 2 aromatic rings. The highest BCUT2D eigenvalue weighted by molar-refractivity contribution is 5.85. The van der Waals surface area contributed by atoms with Gasteiger partial charge in [0.25, 0.3) is 0 Å². The Balaban J connectivity index is 0.000000191. The zero-order valence-electron chi connectivity index (χ0n) is 19.4. The number of Topliss-reactive ketones (excluding diaryl/α,β-unsaturated/α-hetero) is 1. The van der Waals surface area contributed by atoms with Gasteiger partial charge in [-0.2, -0.15) is 0 Å². The third-order valence-corrected chi connectivity index (χ3v) is 5.64. The van der Waals surface area contributed by atoms with Crippen LogP contribution in [0.1, 0.15) is 36.8 Å². The quantitative estimate of drug-likeness (QED) is 0.735. The molecule has 2 aliphatic rings. The van der Waals surface area contributed by atoms with E-state index in [1.165, 1.54) is 4.90 Å². The van der Waals surface area contributed by atoms with Crippen molar-refractivity contribution in [3.63, 3.8) is 0 Å². The van der Waals surface area contributed by atoms with Gasteiger partial charge in [0.15, 0.2) is 5.78 Å². The van der Waals surface area contributed by atoms with Crippen LogP contribution >= 0.6 is 0 Å². The lowest BCUT2D eigenvalue weighted by Gasteiger charge is -2.29. The van der Waals surface area contributed by atoms with Crippen LogP contribution in [0.4, 0.5) is 9.59 Å². The van der Waals surface area contributed by atoms with Crippen molar-refractivity contribution in [2.45, 2.75) is 44.9 Å². The smallest absolute Gasteiger partial charge is 0.410 e. The molecule has 2 aliphatic heterocycles. The van der Waals surface area contributed by atoms with Gasteiger partial charge >= 0.3 is 12.2 Å². The maximum absolute atomic E-state index is 11.8. The van der Waals surface area contributed by atoms with Gasteiger partial charge in [-0.05, 0) is 30.4 Å². The molecule has 0 saturated carbocycles. The first kappa shape index (κ1) is 25.2. The van der Waals surface area contributed by atoms with E-state index < -0.39 is 6.09 Å². The highest BCUT2D eigenvalue weighted by Crippen LogP contribution is 2.11. The summed E-state index contributed by atoms with van der Waals surface area (Å²) < 4.78 is 10.4. The Labute approximate surface area is 200 Å². The topological polar surface area (TPSA) is 102 Å². The lowest BCUT2D eigenvalue weighted by atomic mass is 10.1. The first-order chi connectivity index (χ1) is 16.5. The van der Waals surface area contributed by atoms with Crippen molar-refractivity contribution < 1.29 is 23.9 Å². The molecule has 0 aromatic heterocycles. The number of hydrogen-bond acceptors (Lipinski definition) is 6. The number of amides is 2. The Morgan fingerprint density at radius 3 is 1.88 bits per heavy atom. The van der Waals surface area contributed by atoms with E-state index in [1.54, 1.807) is 4.90 Å². The van der Waals surface area contributed by atoms with Crippen LogP contribution in [-0.2, 0) is 27.5 Å². The summed E-state index contributed by atoms with van der Waals surface area (Å²) in [5.41, 5.74) is 7.77. The van der Waals surface area contributed by atoms with Crippen molar-refractivity contribution in [2.75, 3.05) is 26.2 Å². The van der Waals surface area contributed by atoms with Gasteiger partial charge in [0, 0.05) is 32.1 Å². The van der Waals surface area contributed by atoms with Crippen LogP contribution in [0.3, 0.4) is 0 Å². The molecule has 0 aliphatic carbocycles. The summed E-state index contributed by atoms with van der Waals surface area (Å²) in [5, 5.41) is 0. The molecule has 2 aromatic carbocycles. The fraction of sp³-hybridized carbons (Fsp3) is 0.423. The minimum atomic E-state index is -0.401. The van der Waals surface area contributed by atoms with Gasteiger partial charge in [-0.1, -0.05) is 60.7 Å². The SMILES string of the molecule is N[C@H]1CCCN(C(=O)OCc2ccccc2)C1.O=C1CCCN(C(=O)OCc2ccccc2)C1. The number of ether oxygens (including phenoxy) is 2. The molecule has 4 rings (SSSR count). The number of likely N-dealkylation sites (tertiary alicyclic amines) is 2. The largest absolute Gasteiger partial charge is 0.445 e. The van der Waals surface area contributed by atoms with E-state index in [1.807, 2.05) is 60.7 Å². The lowest BCUT2D eigenvalue weighted by molar-refractivity contribution is -0.121. The summed E-state index contributed by atoms with van der Waals surface area (Å²) in [4.78, 5) is 37.8. The zero-order valence-corrected chi connectivity index (χ0v) is 19.4. The second-order valence-electron chi connectivity index (χ2n) is 8.49. The van der Waals surface area contributed by atoms with Crippen LogP contribution in [0.15, 0.2) is 60.7 Å². The molecule has 0 radical (unpaired) electrons. The highest BCUT2D eigenvalue weighted by atomic mass is 16.6. The number of carbonyl (C=O) groups is 3. The van der Waals surface area contributed by atoms with Crippen molar-refractivity contribution in [2.24, 2.45) is 5.73 Å². The highest BCUT2D eigenvalue weighted by Gasteiger charge is 2.23. The fourth-order valence-electron chi connectivity index (χ4n) is 3.79. The number of nitrogens with zero attached hydrogens (tertiary/aromatic N) is 2. The summed E-state index contributed by atoms with van der Waals surface area (Å²) in [5.74, 6) is 0.105. The zero-order chi connectivity index (χ0) is 24.2. The molecule has 8 nitrogen and oxygen atoms in total. The lowest BCUT2D eigenvalue weighted by Crippen LogP contribution is -2.45. The van der Waals surface area contributed by atoms with Crippen LogP contribution in [0.2, 0.25) is 0 Å². The average molecular weight is 468 g/mol. The number of benzene rings is 2. The predicted octanol–water partition coefficient (Wildman–Crippen LogP) is 3.73. The Morgan fingerprint density at radius 1 is 0.824 bits per heavy atom. The molecule has 8 heteroatoms. The van der Waals surface area contributed by atoms with Crippen molar-refractivity contribution in [1.82, 2.24) is 9.80 Å². The van der Waals surface area contributed by atoms with Gasteiger partial charge in [0.05, 0.1) is 6.54 Å². The van der Waals surface area contributed by atoms with Crippen LogP contribution in [0, 0.1) is 0 Å². The average Bonchev–Trinajstić information content (AvgIpc) is 2.87. The van der Waals surface area contributed by atoms with Crippen molar-refractivity contribution in [1.29, 1.82) is 0 Å². The van der Waals surface area contributed by atoms with E-state index in [0.717, 1.165) is 36.9 Å². The van der Waals surface area contributed by atoms with Crippen LogP contribution in [0.5, 0.6) is 0 Å². The summed E-state index contributed by atoms with van der Waals surface area (Å²) in [6, 6.07) is 19.3. The number of carbonyl (C=O) groups excluding carboxylic acids is 3. The molecule has 34 heavy (non-hydrogen) atoms. The second-order valence-corrected chi connectivity index (χ2v) is 8.49. The van der Waals surface area contributed by atoms with Gasteiger partial charge in [-0.25, -0.2) is 9.59 Å². The molecule has 182 valence electrons. The summed E-state index contributed by atoms with van der Waals surface area (Å²) >= 11 is 0. The number of nitrogens with two attached hydrogens (primary N) is 1. The Morgan fingerprint density at radius 2 is 1.35 bits per heavy atom. The molecular weight excluding hydrogens is 434 g/mol. The molecule has 2 saturated heterocycles. The van der Waals surface area contributed by atoms with Crippen molar-refractivity contribution in [3.8, 4) is 0 Å². The van der Waals surface area contributed by atoms with Crippen LogP contribution in [0.25, 0.3) is 0 Å². The van der Waals surface area contributed by atoms with Gasteiger partial charge in [-0.15, -0.1) is 0 Å². The predicted molar refractivity (Wildman–Crippen MR) is 128 cm³/mol. The van der Waals surface area contributed by atoms with Crippen molar-refractivity contribution in [3.05, 3.63) is 71.8 Å². The summed E-state index contributed by atoms with van der Waals surface area (Å²) in [6.45, 7) is 2.73. The first-order valence-electron chi connectivity index (χ1n) is 11.7. The van der Waals surface area contributed by atoms with Gasteiger partial charge < -0.3 is 25.0 Å². The third-order valence-electron chi connectivity index (χ3n) is 5.64. The standard InChI is InChI=1S/C13H18N2O2.C13H15NO3/c14-12-7-4-8-15(9-12)13(16)17-10-11-5-2-1-3-6-11;15-12-7-4-8-14(9-12)13(16)17-10-11-5-2-1-3-6-11/h1-3,5-6,12H,4,7-10,14H2;1-3,5-6H,4,7-10H2/t12-;/m0./s1. The van der Waals surface area contributed by atoms with E-state index in [9.17, 15) is 14.4 Å². The summed E-state index contributed by atoms with van der Waals surface area (Å²) in [6.07, 6.45) is 2.59. The summed E-state index contributed by atoms with van der Waals surface area (Å²) in [7, 11) is 0. The molecule has 0 spiro atoms. The normalized spacial score (nSPS) is 17.9. The van der Waals surface area contributed by atoms with E-state index in [0.29, 0.717) is 26.1 Å². The third kappa shape index (κ3) is 8.51. The second kappa shape index (κ2) is 13.3. The van der Waals surface area contributed by atoms with E-state index in [2.05, 4.69) is 0 Å². The minimum absolute atomic E-state index is 0.0908. The van der Waals surface area contributed by atoms with Gasteiger partial charge in [0.2, 0.25) is 0 Å². The molecule has 2 N–H and O–H groups in total. The monoisotopic (exact) mass is 467 g/mol. The molecular formula is C26H33N3O5. The maximum atomic E-state index is 11.8. The van der Waals surface area contributed by atoms with Crippen LogP contribution in [-0.4, -0.2) is 60.0 Å². The van der Waals surface area contributed by atoms with Gasteiger partial charge in [-0.3, -0.25) is 4.79 Å². The number of piperidine rings is 2. The Kier molecular flexibility index (Phi) is 9.91.